The highest BCUT2D eigenvalue weighted by molar-refractivity contribution is 6.52. The first kappa shape index (κ1) is 26.8. The number of amides is 1. The number of Topliss-reactive ketones (excluding diaryl/α,β-unsaturated/α-hetero) is 1. The summed E-state index contributed by atoms with van der Waals surface area (Å²) in [4.78, 5) is 28.9. The summed E-state index contributed by atoms with van der Waals surface area (Å²) in [6.07, 6.45) is 0. The van der Waals surface area contributed by atoms with E-state index in [4.69, 9.17) is 9.47 Å². The zero-order chi connectivity index (χ0) is 29.2. The van der Waals surface area contributed by atoms with Crippen LogP contribution in [0.5, 0.6) is 11.5 Å². The van der Waals surface area contributed by atoms with Crippen LogP contribution in [-0.4, -0.2) is 23.9 Å². The molecule has 6 nitrogen and oxygen atoms in total. The first-order chi connectivity index (χ1) is 20.5. The molecule has 42 heavy (non-hydrogen) atoms. The summed E-state index contributed by atoms with van der Waals surface area (Å²) in [6, 6.07) is 34.8. The van der Waals surface area contributed by atoms with Gasteiger partial charge in [-0.15, -0.1) is 0 Å². The second-order valence-electron chi connectivity index (χ2n) is 10.2. The first-order valence-corrected chi connectivity index (χ1v) is 13.7. The molecule has 1 fully saturated rings. The fraction of sp³-hybridized carbons (Fsp3) is 0.111. The molecule has 1 amide bonds. The smallest absolute Gasteiger partial charge is 0.300 e. The van der Waals surface area contributed by atoms with Gasteiger partial charge in [0.25, 0.3) is 11.7 Å². The average Bonchev–Trinajstić information content (AvgIpc) is 3.29. The van der Waals surface area contributed by atoms with Gasteiger partial charge >= 0.3 is 0 Å². The summed E-state index contributed by atoms with van der Waals surface area (Å²) in [5.41, 5.74) is 3.51. The Hall–Kier alpha value is -5.36. The second kappa shape index (κ2) is 11.3. The molecule has 5 aromatic carbocycles. The molecule has 0 radical (unpaired) electrons. The van der Waals surface area contributed by atoms with Crippen LogP contribution in [0.4, 0.5) is 5.69 Å². The van der Waals surface area contributed by atoms with Gasteiger partial charge in [-0.05, 0) is 64.7 Å². The summed E-state index contributed by atoms with van der Waals surface area (Å²) >= 11 is 0. The van der Waals surface area contributed by atoms with E-state index in [1.54, 1.807) is 49.6 Å². The van der Waals surface area contributed by atoms with E-state index >= 15 is 0 Å². The highest BCUT2D eigenvalue weighted by atomic mass is 16.5. The lowest BCUT2D eigenvalue weighted by Gasteiger charge is -2.27. The number of ketones is 1. The van der Waals surface area contributed by atoms with Gasteiger partial charge in [0.15, 0.2) is 0 Å². The van der Waals surface area contributed by atoms with Crippen molar-refractivity contribution < 1.29 is 24.2 Å². The molecular weight excluding hydrogens is 526 g/mol. The normalized spacial score (nSPS) is 16.1. The van der Waals surface area contributed by atoms with E-state index in [0.29, 0.717) is 29.4 Å². The van der Waals surface area contributed by atoms with E-state index in [0.717, 1.165) is 27.5 Å². The number of carbonyl (C=O) groups excluding carboxylic acids is 2. The van der Waals surface area contributed by atoms with Gasteiger partial charge in [-0.2, -0.15) is 0 Å². The Morgan fingerprint density at radius 3 is 2.36 bits per heavy atom. The number of benzene rings is 5. The number of hydrogen-bond donors (Lipinski definition) is 1. The molecule has 5 aromatic rings. The third kappa shape index (κ3) is 4.88. The molecule has 1 saturated heterocycles. The average molecular weight is 556 g/mol. The minimum atomic E-state index is -0.863. The maximum Gasteiger partial charge on any atom is 0.300 e. The van der Waals surface area contributed by atoms with Gasteiger partial charge in [0.05, 0.1) is 18.7 Å². The zero-order valence-electron chi connectivity index (χ0n) is 23.3. The molecule has 1 aliphatic heterocycles. The number of hydrogen-bond acceptors (Lipinski definition) is 5. The lowest BCUT2D eigenvalue weighted by Crippen LogP contribution is -2.29. The van der Waals surface area contributed by atoms with Crippen LogP contribution in [0.1, 0.15) is 28.3 Å². The maximum atomic E-state index is 13.7. The number of rotatable bonds is 7. The monoisotopic (exact) mass is 555 g/mol. The van der Waals surface area contributed by atoms with Crippen LogP contribution in [0, 0.1) is 6.92 Å². The molecule has 0 saturated carbocycles. The fourth-order valence-electron chi connectivity index (χ4n) is 5.49. The van der Waals surface area contributed by atoms with Crippen LogP contribution in [0.25, 0.3) is 16.5 Å². The summed E-state index contributed by atoms with van der Waals surface area (Å²) < 4.78 is 11.4. The number of aliphatic hydroxyl groups is 1. The number of anilines is 1. The molecule has 1 atom stereocenters. The number of methoxy groups -OCH3 is 1. The van der Waals surface area contributed by atoms with E-state index in [2.05, 4.69) is 0 Å². The minimum absolute atomic E-state index is 0.0246. The van der Waals surface area contributed by atoms with Crippen molar-refractivity contribution in [2.75, 3.05) is 12.0 Å². The number of aryl methyl sites for hydroxylation is 1. The fourth-order valence-corrected chi connectivity index (χ4v) is 5.49. The molecule has 0 aliphatic carbocycles. The topological polar surface area (TPSA) is 76.1 Å². The number of carbonyl (C=O) groups is 2. The van der Waals surface area contributed by atoms with Gasteiger partial charge in [0.2, 0.25) is 0 Å². The Morgan fingerprint density at radius 2 is 1.57 bits per heavy atom. The second-order valence-corrected chi connectivity index (χ2v) is 10.2. The number of ether oxygens (including phenoxy) is 2. The van der Waals surface area contributed by atoms with Crippen molar-refractivity contribution in [2.45, 2.75) is 19.6 Å². The summed E-state index contributed by atoms with van der Waals surface area (Å²) in [6.45, 7) is 2.29. The summed E-state index contributed by atoms with van der Waals surface area (Å²) in [7, 11) is 1.55. The van der Waals surface area contributed by atoms with E-state index in [1.165, 1.54) is 4.90 Å². The molecule has 208 valence electrons. The molecule has 1 heterocycles. The molecule has 0 spiro atoms. The van der Waals surface area contributed by atoms with Crippen LogP contribution < -0.4 is 14.4 Å². The van der Waals surface area contributed by atoms with Crippen LogP contribution in [0.15, 0.2) is 121 Å². The van der Waals surface area contributed by atoms with Crippen molar-refractivity contribution in [3.63, 3.8) is 0 Å². The molecule has 1 N–H and O–H groups in total. The summed E-state index contributed by atoms with van der Waals surface area (Å²) in [5.74, 6) is -0.502. The highest BCUT2D eigenvalue weighted by Crippen LogP contribution is 2.45. The van der Waals surface area contributed by atoms with E-state index in [-0.39, 0.29) is 11.3 Å². The number of fused-ring (bicyclic) bond motifs is 1. The number of aliphatic hydroxyl groups excluding tert-OH is 1. The van der Waals surface area contributed by atoms with E-state index in [1.807, 2.05) is 79.7 Å². The zero-order valence-corrected chi connectivity index (χ0v) is 23.3. The molecule has 1 aliphatic rings. The van der Waals surface area contributed by atoms with Crippen LogP contribution in [0.3, 0.4) is 0 Å². The molecule has 6 rings (SSSR count). The van der Waals surface area contributed by atoms with Gasteiger partial charge in [0.1, 0.15) is 23.9 Å². The van der Waals surface area contributed by atoms with Gasteiger partial charge < -0.3 is 14.6 Å². The Kier molecular flexibility index (Phi) is 7.19. The standard InChI is InChI=1S/C36H29NO5/c1-23-20-26(18-19-31(23)42-22-24-10-4-3-5-11-24)34(38)32-33(30-17-8-13-25-12-6-7-16-29(25)30)37(36(40)35(32)39)27-14-9-15-28(21-27)41-2/h3-21,33,38H,22H2,1-2H3/b34-32-. The Bertz CT molecular complexity index is 1840. The maximum absolute atomic E-state index is 13.7. The predicted octanol–water partition coefficient (Wildman–Crippen LogP) is 7.36. The highest BCUT2D eigenvalue weighted by Gasteiger charge is 2.47. The van der Waals surface area contributed by atoms with Crippen molar-refractivity contribution >= 4 is 33.9 Å². The Morgan fingerprint density at radius 1 is 0.833 bits per heavy atom. The summed E-state index contributed by atoms with van der Waals surface area (Å²) in [5, 5.41) is 13.6. The molecule has 0 aromatic heterocycles. The van der Waals surface area contributed by atoms with Crippen LogP contribution >= 0.6 is 0 Å². The molecule has 1 unspecified atom stereocenters. The molecule has 6 heteroatoms. The minimum Gasteiger partial charge on any atom is -0.507 e. The Balaban J connectivity index is 1.47. The number of nitrogens with zero attached hydrogens (tertiary/aromatic N) is 1. The van der Waals surface area contributed by atoms with Gasteiger partial charge in [-0.3, -0.25) is 14.5 Å². The molecule has 0 bridgehead atoms. The third-order valence-electron chi connectivity index (χ3n) is 7.58. The van der Waals surface area contributed by atoms with Gasteiger partial charge in [-0.25, -0.2) is 0 Å². The Labute approximate surface area is 244 Å². The van der Waals surface area contributed by atoms with Gasteiger partial charge in [0, 0.05) is 17.3 Å². The van der Waals surface area contributed by atoms with Crippen molar-refractivity contribution in [3.8, 4) is 11.5 Å². The van der Waals surface area contributed by atoms with E-state index < -0.39 is 17.7 Å². The predicted molar refractivity (Wildman–Crippen MR) is 164 cm³/mol. The third-order valence-corrected chi connectivity index (χ3v) is 7.58. The first-order valence-electron chi connectivity index (χ1n) is 13.7. The van der Waals surface area contributed by atoms with Crippen molar-refractivity contribution in [1.82, 2.24) is 0 Å². The van der Waals surface area contributed by atoms with Gasteiger partial charge in [-0.1, -0.05) is 78.9 Å². The van der Waals surface area contributed by atoms with Crippen LogP contribution in [-0.2, 0) is 16.2 Å². The van der Waals surface area contributed by atoms with Crippen LogP contribution in [0.2, 0.25) is 0 Å². The van der Waals surface area contributed by atoms with Crippen molar-refractivity contribution in [3.05, 3.63) is 143 Å². The largest absolute Gasteiger partial charge is 0.507 e. The molecular formula is C36H29NO5. The van der Waals surface area contributed by atoms with E-state index in [9.17, 15) is 14.7 Å². The lowest BCUT2D eigenvalue weighted by molar-refractivity contribution is -0.132. The van der Waals surface area contributed by atoms with Crippen molar-refractivity contribution in [1.29, 1.82) is 0 Å². The SMILES string of the molecule is COc1cccc(N2C(=O)C(=O)/C(=C(\O)c3ccc(OCc4ccccc4)c(C)c3)C2c2cccc3ccccc23)c1. The lowest BCUT2D eigenvalue weighted by atomic mass is 9.91. The quantitative estimate of drug-likeness (QED) is 0.129. The van der Waals surface area contributed by atoms with Crippen molar-refractivity contribution in [2.24, 2.45) is 0 Å².